The van der Waals surface area contributed by atoms with Crippen LogP contribution in [0.5, 0.6) is 0 Å². The van der Waals surface area contributed by atoms with E-state index in [-0.39, 0.29) is 16.7 Å². The number of thioether (sulfide) groups is 2. The van der Waals surface area contributed by atoms with E-state index in [9.17, 15) is 18.0 Å². The molecular formula is C13H16F3NO2S2. The number of halogens is 3. The molecule has 118 valence electrons. The fourth-order valence-corrected chi connectivity index (χ4v) is 2.61. The highest BCUT2D eigenvalue weighted by Crippen LogP contribution is 2.36. The molecule has 0 bridgehead atoms. The lowest BCUT2D eigenvalue weighted by atomic mass is 10.2. The Morgan fingerprint density at radius 1 is 1.33 bits per heavy atom. The number of carbonyl (C=O) groups is 1. The summed E-state index contributed by atoms with van der Waals surface area (Å²) in [6.07, 6.45) is 2.40. The lowest BCUT2D eigenvalue weighted by Crippen LogP contribution is -2.36. The molecule has 2 N–H and O–H groups in total. The third-order valence-corrected chi connectivity index (χ3v) is 4.00. The summed E-state index contributed by atoms with van der Waals surface area (Å²) in [5.41, 5.74) is -3.55. The maximum absolute atomic E-state index is 12.2. The number of carboxylic acids is 1. The Labute approximate surface area is 129 Å². The first-order valence-electron chi connectivity index (χ1n) is 6.11. The van der Waals surface area contributed by atoms with Gasteiger partial charge in [-0.2, -0.15) is 24.9 Å². The fraction of sp³-hybridized carbons (Fsp3) is 0.462. The first-order chi connectivity index (χ1) is 9.81. The van der Waals surface area contributed by atoms with E-state index in [0.717, 1.165) is 11.3 Å². The molecule has 3 nitrogen and oxygen atoms in total. The van der Waals surface area contributed by atoms with Crippen molar-refractivity contribution in [3.63, 3.8) is 0 Å². The van der Waals surface area contributed by atoms with Crippen molar-refractivity contribution in [2.24, 2.45) is 0 Å². The van der Waals surface area contributed by atoms with Gasteiger partial charge in [-0.3, -0.25) is 4.79 Å². The average Bonchev–Trinajstić information content (AvgIpc) is 2.38. The van der Waals surface area contributed by atoms with Crippen molar-refractivity contribution in [3.8, 4) is 0 Å². The molecule has 8 heteroatoms. The Morgan fingerprint density at radius 2 is 1.95 bits per heavy atom. The van der Waals surface area contributed by atoms with E-state index in [1.807, 2.05) is 6.26 Å². The molecule has 0 aliphatic rings. The summed E-state index contributed by atoms with van der Waals surface area (Å²) in [6.45, 7) is 0.308. The Hall–Kier alpha value is -0.860. The smallest absolute Gasteiger partial charge is 0.446 e. The second kappa shape index (κ2) is 8.55. The van der Waals surface area contributed by atoms with Gasteiger partial charge in [0.25, 0.3) is 0 Å². The molecule has 1 rings (SSSR count). The van der Waals surface area contributed by atoms with Crippen molar-refractivity contribution in [1.82, 2.24) is 5.32 Å². The van der Waals surface area contributed by atoms with Gasteiger partial charge in [0.15, 0.2) is 0 Å². The van der Waals surface area contributed by atoms with E-state index in [2.05, 4.69) is 5.32 Å². The first-order valence-corrected chi connectivity index (χ1v) is 8.32. The van der Waals surface area contributed by atoms with Gasteiger partial charge in [-0.15, -0.1) is 0 Å². The zero-order valence-electron chi connectivity index (χ0n) is 11.3. The highest BCUT2D eigenvalue weighted by Gasteiger charge is 2.29. The average molecular weight is 339 g/mol. The zero-order chi connectivity index (χ0) is 15.9. The molecule has 0 heterocycles. The van der Waals surface area contributed by atoms with Crippen molar-refractivity contribution in [3.05, 3.63) is 29.8 Å². The number of alkyl halides is 3. The van der Waals surface area contributed by atoms with E-state index in [1.165, 1.54) is 12.1 Å². The largest absolute Gasteiger partial charge is 0.480 e. The molecular weight excluding hydrogens is 323 g/mol. The summed E-state index contributed by atoms with van der Waals surface area (Å²) in [7, 11) is 0. The van der Waals surface area contributed by atoms with Crippen LogP contribution in [-0.4, -0.2) is 34.6 Å². The standard InChI is InChI=1S/C13H16F3NO2S2/c1-20-7-6-11(12(18)19)17-8-9-2-4-10(5-3-9)21-13(14,15)16/h2-5,11,17H,6-8H2,1H3,(H,18,19)/t11-/m1/s1. The summed E-state index contributed by atoms with van der Waals surface area (Å²) in [6, 6.07) is 5.24. The van der Waals surface area contributed by atoms with Gasteiger partial charge in [-0.1, -0.05) is 12.1 Å². The van der Waals surface area contributed by atoms with E-state index in [4.69, 9.17) is 5.11 Å². The highest BCUT2D eigenvalue weighted by molar-refractivity contribution is 8.00. The molecule has 21 heavy (non-hydrogen) atoms. The normalized spacial score (nSPS) is 13.1. The van der Waals surface area contributed by atoms with Crippen molar-refractivity contribution in [1.29, 1.82) is 0 Å². The predicted molar refractivity (Wildman–Crippen MR) is 79.6 cm³/mol. The molecule has 0 saturated heterocycles. The summed E-state index contributed by atoms with van der Waals surface area (Å²) in [4.78, 5) is 11.2. The van der Waals surface area contributed by atoms with Crippen LogP contribution in [-0.2, 0) is 11.3 Å². The highest BCUT2D eigenvalue weighted by atomic mass is 32.2. The van der Waals surface area contributed by atoms with E-state index in [1.54, 1.807) is 23.9 Å². The second-order valence-electron chi connectivity index (χ2n) is 4.24. The van der Waals surface area contributed by atoms with Gasteiger partial charge in [-0.25, -0.2) is 0 Å². The number of hydrogen-bond acceptors (Lipinski definition) is 4. The van der Waals surface area contributed by atoms with Gasteiger partial charge in [0.2, 0.25) is 0 Å². The van der Waals surface area contributed by atoms with Crippen LogP contribution in [0.4, 0.5) is 13.2 Å². The summed E-state index contributed by atoms with van der Waals surface area (Å²) < 4.78 is 36.6. The fourth-order valence-electron chi connectivity index (χ4n) is 1.60. The molecule has 1 atom stereocenters. The van der Waals surface area contributed by atoms with Crippen LogP contribution in [0.25, 0.3) is 0 Å². The third-order valence-electron chi connectivity index (χ3n) is 2.62. The van der Waals surface area contributed by atoms with Gasteiger partial charge in [-0.05, 0) is 47.9 Å². The number of benzene rings is 1. The predicted octanol–water partition coefficient (Wildman–Crippen LogP) is 3.59. The van der Waals surface area contributed by atoms with E-state index in [0.29, 0.717) is 13.0 Å². The Bertz CT molecular complexity index is 452. The minimum atomic E-state index is -4.30. The van der Waals surface area contributed by atoms with Crippen molar-refractivity contribution < 1.29 is 23.1 Å². The molecule has 0 radical (unpaired) electrons. The van der Waals surface area contributed by atoms with Crippen LogP contribution in [0.2, 0.25) is 0 Å². The van der Waals surface area contributed by atoms with Crippen LogP contribution in [0.15, 0.2) is 29.2 Å². The van der Waals surface area contributed by atoms with Gasteiger partial charge < -0.3 is 10.4 Å². The number of carboxylic acid groups (broad SMARTS) is 1. The quantitative estimate of drug-likeness (QED) is 0.709. The number of hydrogen-bond donors (Lipinski definition) is 2. The van der Waals surface area contributed by atoms with Gasteiger partial charge >= 0.3 is 11.5 Å². The number of rotatable bonds is 8. The topological polar surface area (TPSA) is 49.3 Å². The Morgan fingerprint density at radius 3 is 2.43 bits per heavy atom. The molecule has 1 aromatic rings. The molecule has 1 aromatic carbocycles. The summed E-state index contributed by atoms with van der Waals surface area (Å²) in [5, 5.41) is 11.9. The monoisotopic (exact) mass is 339 g/mol. The van der Waals surface area contributed by atoms with Crippen LogP contribution in [0, 0.1) is 0 Å². The first kappa shape index (κ1) is 18.2. The molecule has 0 aliphatic heterocycles. The minimum Gasteiger partial charge on any atom is -0.480 e. The van der Waals surface area contributed by atoms with Crippen molar-refractivity contribution in [2.75, 3.05) is 12.0 Å². The molecule has 0 saturated carbocycles. The maximum atomic E-state index is 12.2. The van der Waals surface area contributed by atoms with Crippen molar-refractivity contribution in [2.45, 2.75) is 29.4 Å². The minimum absolute atomic E-state index is 0.114. The Balaban J connectivity index is 2.53. The van der Waals surface area contributed by atoms with Gasteiger partial charge in [0.05, 0.1) is 0 Å². The number of nitrogens with one attached hydrogen (secondary N) is 1. The SMILES string of the molecule is CSCC[C@@H](NCc1ccc(SC(F)(F)F)cc1)C(=O)O. The molecule has 0 unspecified atom stereocenters. The second-order valence-corrected chi connectivity index (χ2v) is 6.37. The van der Waals surface area contributed by atoms with E-state index < -0.39 is 17.5 Å². The number of aliphatic carboxylic acids is 1. The summed E-state index contributed by atoms with van der Waals surface area (Å²) in [5.74, 6) is -0.196. The molecule has 0 aromatic heterocycles. The summed E-state index contributed by atoms with van der Waals surface area (Å²) >= 11 is 1.40. The molecule has 0 spiro atoms. The lowest BCUT2D eigenvalue weighted by molar-refractivity contribution is -0.139. The lowest BCUT2D eigenvalue weighted by Gasteiger charge is -2.14. The van der Waals surface area contributed by atoms with Gasteiger partial charge in [0, 0.05) is 11.4 Å². The zero-order valence-corrected chi connectivity index (χ0v) is 12.9. The molecule has 0 aliphatic carbocycles. The Kier molecular flexibility index (Phi) is 7.41. The van der Waals surface area contributed by atoms with Crippen LogP contribution in [0.1, 0.15) is 12.0 Å². The van der Waals surface area contributed by atoms with E-state index >= 15 is 0 Å². The van der Waals surface area contributed by atoms with Crippen LogP contribution < -0.4 is 5.32 Å². The maximum Gasteiger partial charge on any atom is 0.446 e. The van der Waals surface area contributed by atoms with Gasteiger partial charge in [0.1, 0.15) is 6.04 Å². The molecule has 0 amide bonds. The van der Waals surface area contributed by atoms with Crippen LogP contribution in [0.3, 0.4) is 0 Å². The third kappa shape index (κ3) is 7.63. The van der Waals surface area contributed by atoms with Crippen LogP contribution >= 0.6 is 23.5 Å². The molecule has 0 fully saturated rings. The van der Waals surface area contributed by atoms with Crippen molar-refractivity contribution >= 4 is 29.5 Å².